The third-order valence-corrected chi connectivity index (χ3v) is 4.06. The molecule has 0 spiro atoms. The predicted octanol–water partition coefficient (Wildman–Crippen LogP) is 2.32. The fraction of sp³-hybridized carbons (Fsp3) is 0.857. The second-order valence-electron chi connectivity index (χ2n) is 5.67. The fourth-order valence-electron chi connectivity index (χ4n) is 2.37. The second kappa shape index (κ2) is 7.36. The van der Waals surface area contributed by atoms with Crippen molar-refractivity contribution in [2.45, 2.75) is 52.5 Å². The van der Waals surface area contributed by atoms with Crippen molar-refractivity contribution in [3.8, 4) is 0 Å². The molecule has 1 fully saturated rings. The van der Waals surface area contributed by atoms with Gasteiger partial charge in [-0.25, -0.2) is 9.59 Å². The van der Waals surface area contributed by atoms with Gasteiger partial charge in [-0.05, 0) is 31.1 Å². The molecular formula is C14H26N2O3. The molecule has 5 heteroatoms. The third kappa shape index (κ3) is 4.73. The van der Waals surface area contributed by atoms with Gasteiger partial charge in [-0.2, -0.15) is 0 Å². The Morgan fingerprint density at radius 1 is 1.37 bits per heavy atom. The van der Waals surface area contributed by atoms with Crippen LogP contribution >= 0.6 is 0 Å². The molecule has 1 aliphatic rings. The van der Waals surface area contributed by atoms with Crippen molar-refractivity contribution < 1.29 is 14.7 Å². The highest BCUT2D eigenvalue weighted by Crippen LogP contribution is 2.17. The van der Waals surface area contributed by atoms with Crippen LogP contribution < -0.4 is 5.32 Å². The van der Waals surface area contributed by atoms with E-state index in [1.165, 1.54) is 0 Å². The van der Waals surface area contributed by atoms with Crippen LogP contribution in [0, 0.1) is 11.8 Å². The van der Waals surface area contributed by atoms with Gasteiger partial charge in [0.1, 0.15) is 6.04 Å². The molecule has 0 aromatic heterocycles. The van der Waals surface area contributed by atoms with Gasteiger partial charge < -0.3 is 15.3 Å². The summed E-state index contributed by atoms with van der Waals surface area (Å²) < 4.78 is 0. The lowest BCUT2D eigenvalue weighted by atomic mass is 9.99. The lowest BCUT2D eigenvalue weighted by Crippen LogP contribution is -2.50. The van der Waals surface area contributed by atoms with E-state index in [1.807, 2.05) is 13.8 Å². The molecule has 1 saturated heterocycles. The molecule has 1 heterocycles. The summed E-state index contributed by atoms with van der Waals surface area (Å²) in [7, 11) is 0. The number of nitrogens with zero attached hydrogens (tertiary/aromatic N) is 1. The van der Waals surface area contributed by atoms with Gasteiger partial charge in [0.05, 0.1) is 0 Å². The SMILES string of the molecule is CCC(C)[C@H](NC(=O)N1CCCC(C)CC1)C(=O)O. The summed E-state index contributed by atoms with van der Waals surface area (Å²) in [6.45, 7) is 7.42. The number of urea groups is 1. The van der Waals surface area contributed by atoms with E-state index in [-0.39, 0.29) is 11.9 Å². The minimum absolute atomic E-state index is 0.0626. The van der Waals surface area contributed by atoms with Gasteiger partial charge in [-0.15, -0.1) is 0 Å². The van der Waals surface area contributed by atoms with E-state index >= 15 is 0 Å². The summed E-state index contributed by atoms with van der Waals surface area (Å²) in [5.41, 5.74) is 0. The quantitative estimate of drug-likeness (QED) is 0.823. The highest BCUT2D eigenvalue weighted by Gasteiger charge is 2.28. The van der Waals surface area contributed by atoms with Crippen LogP contribution in [0.4, 0.5) is 4.79 Å². The summed E-state index contributed by atoms with van der Waals surface area (Å²) in [4.78, 5) is 25.1. The van der Waals surface area contributed by atoms with Crippen molar-refractivity contribution in [1.29, 1.82) is 0 Å². The van der Waals surface area contributed by atoms with Crippen molar-refractivity contribution in [3.05, 3.63) is 0 Å². The monoisotopic (exact) mass is 270 g/mol. The zero-order valence-electron chi connectivity index (χ0n) is 12.2. The summed E-state index contributed by atoms with van der Waals surface area (Å²) in [6, 6.07) is -1.03. The number of hydrogen-bond acceptors (Lipinski definition) is 2. The topological polar surface area (TPSA) is 69.6 Å². The molecule has 0 aliphatic carbocycles. The summed E-state index contributed by atoms with van der Waals surface area (Å²) >= 11 is 0. The fourth-order valence-corrected chi connectivity index (χ4v) is 2.37. The molecule has 0 bridgehead atoms. The maximum atomic E-state index is 12.1. The maximum absolute atomic E-state index is 12.1. The van der Waals surface area contributed by atoms with Gasteiger partial charge in [-0.1, -0.05) is 27.2 Å². The number of carbonyl (C=O) groups is 2. The smallest absolute Gasteiger partial charge is 0.326 e. The Bertz CT molecular complexity index is 320. The molecule has 19 heavy (non-hydrogen) atoms. The van der Waals surface area contributed by atoms with Gasteiger partial charge in [-0.3, -0.25) is 0 Å². The second-order valence-corrected chi connectivity index (χ2v) is 5.67. The van der Waals surface area contributed by atoms with Crippen molar-refractivity contribution in [1.82, 2.24) is 10.2 Å². The number of carboxylic acid groups (broad SMARTS) is 1. The normalized spacial score (nSPS) is 23.3. The Kier molecular flexibility index (Phi) is 6.12. The zero-order chi connectivity index (χ0) is 14.4. The molecular weight excluding hydrogens is 244 g/mol. The molecule has 0 aromatic rings. The van der Waals surface area contributed by atoms with Crippen LogP contribution in [0.1, 0.15) is 46.5 Å². The van der Waals surface area contributed by atoms with Crippen molar-refractivity contribution in [3.63, 3.8) is 0 Å². The first-order chi connectivity index (χ1) is 8.95. The number of nitrogens with one attached hydrogen (secondary N) is 1. The average Bonchev–Trinajstić information content (AvgIpc) is 2.59. The van der Waals surface area contributed by atoms with Crippen molar-refractivity contribution in [2.24, 2.45) is 11.8 Å². The minimum Gasteiger partial charge on any atom is -0.480 e. The molecule has 0 saturated carbocycles. The lowest BCUT2D eigenvalue weighted by molar-refractivity contribution is -0.140. The van der Waals surface area contributed by atoms with E-state index in [9.17, 15) is 14.7 Å². The van der Waals surface area contributed by atoms with Crippen LogP contribution in [0.2, 0.25) is 0 Å². The number of amides is 2. The summed E-state index contributed by atoms with van der Waals surface area (Å²) in [5, 5.41) is 11.9. The Morgan fingerprint density at radius 3 is 2.63 bits per heavy atom. The molecule has 0 radical (unpaired) electrons. The maximum Gasteiger partial charge on any atom is 0.326 e. The number of carboxylic acids is 1. The van der Waals surface area contributed by atoms with Gasteiger partial charge >= 0.3 is 12.0 Å². The Balaban J connectivity index is 2.58. The lowest BCUT2D eigenvalue weighted by Gasteiger charge is -2.26. The van der Waals surface area contributed by atoms with Crippen LogP contribution in [-0.2, 0) is 4.79 Å². The van der Waals surface area contributed by atoms with E-state index in [2.05, 4.69) is 12.2 Å². The Hall–Kier alpha value is -1.26. The molecule has 1 aliphatic heterocycles. The van der Waals surface area contributed by atoms with Crippen LogP contribution in [0.3, 0.4) is 0 Å². The first-order valence-electron chi connectivity index (χ1n) is 7.24. The molecule has 5 nitrogen and oxygen atoms in total. The molecule has 110 valence electrons. The van der Waals surface area contributed by atoms with Gasteiger partial charge in [0.15, 0.2) is 0 Å². The van der Waals surface area contributed by atoms with E-state index in [0.717, 1.165) is 38.8 Å². The average molecular weight is 270 g/mol. The molecule has 3 atom stereocenters. The molecule has 2 N–H and O–H groups in total. The molecule has 2 unspecified atom stereocenters. The van der Waals surface area contributed by atoms with Gasteiger partial charge in [0.25, 0.3) is 0 Å². The Morgan fingerprint density at radius 2 is 2.05 bits per heavy atom. The molecule has 0 aromatic carbocycles. The van der Waals surface area contributed by atoms with Crippen molar-refractivity contribution in [2.75, 3.05) is 13.1 Å². The predicted molar refractivity (Wildman–Crippen MR) is 74.0 cm³/mol. The summed E-state index contributed by atoms with van der Waals surface area (Å²) in [5.74, 6) is -0.374. The number of carbonyl (C=O) groups excluding carboxylic acids is 1. The van der Waals surface area contributed by atoms with Crippen LogP contribution in [0.15, 0.2) is 0 Å². The summed E-state index contributed by atoms with van der Waals surface area (Å²) in [6.07, 6.45) is 3.86. The standard InChI is InChI=1S/C14H26N2O3/c1-4-11(3)12(13(17)18)15-14(19)16-8-5-6-10(2)7-9-16/h10-12H,4-9H2,1-3H3,(H,15,19)(H,17,18)/t10?,11?,12-/m0/s1. The number of hydrogen-bond donors (Lipinski definition) is 2. The van der Waals surface area contributed by atoms with E-state index in [4.69, 9.17) is 0 Å². The van der Waals surface area contributed by atoms with E-state index < -0.39 is 12.0 Å². The largest absolute Gasteiger partial charge is 0.480 e. The highest BCUT2D eigenvalue weighted by atomic mass is 16.4. The first kappa shape index (κ1) is 15.8. The number of aliphatic carboxylic acids is 1. The van der Waals surface area contributed by atoms with Crippen molar-refractivity contribution >= 4 is 12.0 Å². The van der Waals surface area contributed by atoms with Gasteiger partial charge in [0.2, 0.25) is 0 Å². The van der Waals surface area contributed by atoms with E-state index in [1.54, 1.807) is 4.90 Å². The molecule has 2 amide bonds. The van der Waals surface area contributed by atoms with Crippen LogP contribution in [0.5, 0.6) is 0 Å². The zero-order valence-corrected chi connectivity index (χ0v) is 12.2. The third-order valence-electron chi connectivity index (χ3n) is 4.06. The molecule has 1 rings (SSSR count). The number of rotatable bonds is 4. The van der Waals surface area contributed by atoms with E-state index in [0.29, 0.717) is 5.92 Å². The Labute approximate surface area is 115 Å². The van der Waals surface area contributed by atoms with Crippen LogP contribution in [0.25, 0.3) is 0 Å². The first-order valence-corrected chi connectivity index (χ1v) is 7.24. The minimum atomic E-state index is -0.953. The van der Waals surface area contributed by atoms with Crippen LogP contribution in [-0.4, -0.2) is 41.1 Å². The van der Waals surface area contributed by atoms with Gasteiger partial charge in [0, 0.05) is 13.1 Å². The highest BCUT2D eigenvalue weighted by molar-refractivity contribution is 5.82. The number of likely N-dealkylation sites (tertiary alicyclic amines) is 1.